The van der Waals surface area contributed by atoms with Crippen LogP contribution < -0.4 is 10.0 Å². The molecule has 0 aliphatic carbocycles. The summed E-state index contributed by atoms with van der Waals surface area (Å²) in [6.07, 6.45) is 2.34. The lowest BCUT2D eigenvalue weighted by Crippen LogP contribution is -2.40. The molecule has 2 rings (SSSR count). The van der Waals surface area contributed by atoms with Gasteiger partial charge >= 0.3 is 0 Å². The molecule has 0 unspecified atom stereocenters. The van der Waals surface area contributed by atoms with Crippen molar-refractivity contribution in [3.63, 3.8) is 0 Å². The summed E-state index contributed by atoms with van der Waals surface area (Å²) in [5.74, 6) is 0.660. The molecule has 0 saturated carbocycles. The molecule has 10 heteroatoms. The van der Waals surface area contributed by atoms with Crippen molar-refractivity contribution in [3.8, 4) is 0 Å². The number of carbonyl (C=O) groups is 1. The third-order valence-electron chi connectivity index (χ3n) is 3.37. The van der Waals surface area contributed by atoms with E-state index in [1.54, 1.807) is 45.0 Å². The largest absolute Gasteiger partial charge is 0.355 e. The van der Waals surface area contributed by atoms with Gasteiger partial charge in [0.15, 0.2) is 5.16 Å². The highest BCUT2D eigenvalue weighted by Crippen LogP contribution is 2.15. The molecule has 1 amide bonds. The molecule has 0 atom stereocenters. The smallest absolute Gasteiger partial charge is 0.241 e. The van der Waals surface area contributed by atoms with Crippen LogP contribution in [0.1, 0.15) is 32.8 Å². The molecule has 27 heavy (non-hydrogen) atoms. The number of aryl methyl sites for hydroxylation is 1. The first-order chi connectivity index (χ1) is 12.7. The van der Waals surface area contributed by atoms with Gasteiger partial charge in [-0.15, -0.1) is 0 Å². The van der Waals surface area contributed by atoms with Crippen molar-refractivity contribution in [1.29, 1.82) is 0 Å². The summed E-state index contributed by atoms with van der Waals surface area (Å²) in [5, 5.41) is 10.1. The van der Waals surface area contributed by atoms with Crippen molar-refractivity contribution in [1.82, 2.24) is 25.2 Å². The number of H-pyrrole nitrogens is 1. The second kappa shape index (κ2) is 9.34. The fourth-order valence-corrected chi connectivity index (χ4v) is 4.30. The summed E-state index contributed by atoms with van der Waals surface area (Å²) in [7, 11) is -3.54. The quantitative estimate of drug-likeness (QED) is 0.427. The number of benzene rings is 1. The van der Waals surface area contributed by atoms with Gasteiger partial charge in [0.2, 0.25) is 15.9 Å². The highest BCUT2D eigenvalue weighted by atomic mass is 32.2. The Hall–Kier alpha value is -1.91. The lowest BCUT2D eigenvalue weighted by atomic mass is 10.1. The Morgan fingerprint density at radius 2 is 1.93 bits per heavy atom. The second-order valence-corrected chi connectivity index (χ2v) is 9.75. The number of nitrogens with one attached hydrogen (secondary N) is 3. The second-order valence-electron chi connectivity index (χ2n) is 6.99. The zero-order valence-electron chi connectivity index (χ0n) is 15.7. The average Bonchev–Trinajstić information content (AvgIpc) is 3.08. The van der Waals surface area contributed by atoms with E-state index in [9.17, 15) is 13.2 Å². The summed E-state index contributed by atoms with van der Waals surface area (Å²) in [6, 6.07) is 6.61. The molecule has 0 radical (unpaired) electrons. The minimum Gasteiger partial charge on any atom is -0.355 e. The van der Waals surface area contributed by atoms with Crippen LogP contribution in [0.25, 0.3) is 0 Å². The van der Waals surface area contributed by atoms with Crippen molar-refractivity contribution in [3.05, 3.63) is 36.2 Å². The monoisotopic (exact) mass is 411 g/mol. The van der Waals surface area contributed by atoms with Crippen LogP contribution in [0.5, 0.6) is 0 Å². The van der Waals surface area contributed by atoms with E-state index in [0.29, 0.717) is 25.1 Å². The molecule has 1 aromatic carbocycles. The highest BCUT2D eigenvalue weighted by molar-refractivity contribution is 7.99. The number of nitrogens with zero attached hydrogens (tertiary/aromatic N) is 2. The number of rotatable bonds is 9. The van der Waals surface area contributed by atoms with E-state index in [-0.39, 0.29) is 10.8 Å². The molecular weight excluding hydrogens is 386 g/mol. The van der Waals surface area contributed by atoms with Gasteiger partial charge in [-0.25, -0.2) is 18.1 Å². The first-order valence-corrected chi connectivity index (χ1v) is 11.0. The average molecular weight is 412 g/mol. The minimum atomic E-state index is -3.54. The summed E-state index contributed by atoms with van der Waals surface area (Å²) in [4.78, 5) is 16.1. The number of aromatic amines is 1. The van der Waals surface area contributed by atoms with Gasteiger partial charge in [-0.3, -0.25) is 9.89 Å². The molecule has 0 bridgehead atoms. The summed E-state index contributed by atoms with van der Waals surface area (Å²) in [5.41, 5.74) is 0.373. The molecule has 2 aromatic rings. The van der Waals surface area contributed by atoms with E-state index < -0.39 is 15.6 Å². The van der Waals surface area contributed by atoms with Crippen molar-refractivity contribution >= 4 is 27.7 Å². The van der Waals surface area contributed by atoms with Gasteiger partial charge in [0.25, 0.3) is 0 Å². The van der Waals surface area contributed by atoms with Crippen molar-refractivity contribution < 1.29 is 13.2 Å². The normalized spacial score (nSPS) is 12.1. The topological polar surface area (TPSA) is 117 Å². The Labute approximate surface area is 164 Å². The van der Waals surface area contributed by atoms with Crippen molar-refractivity contribution in [2.24, 2.45) is 0 Å². The van der Waals surface area contributed by atoms with Gasteiger partial charge in [-0.1, -0.05) is 23.9 Å². The molecule has 0 saturated heterocycles. The zero-order valence-corrected chi connectivity index (χ0v) is 17.3. The van der Waals surface area contributed by atoms with Gasteiger partial charge in [0.1, 0.15) is 6.33 Å². The van der Waals surface area contributed by atoms with Crippen LogP contribution in [-0.2, 0) is 21.2 Å². The molecule has 1 aromatic heterocycles. The fourth-order valence-electron chi connectivity index (χ4n) is 2.25. The summed E-state index contributed by atoms with van der Waals surface area (Å²) >= 11 is 1.48. The predicted molar refractivity (Wildman–Crippen MR) is 105 cm³/mol. The number of aromatic nitrogens is 3. The van der Waals surface area contributed by atoms with Crippen LogP contribution in [0.2, 0.25) is 0 Å². The SMILES string of the molecule is CC(C)(C)NS(=O)(=O)c1ccc(CCC(=O)NCCSc2ncn[nH]2)cc1. The maximum Gasteiger partial charge on any atom is 0.241 e. The van der Waals surface area contributed by atoms with Crippen LogP contribution in [0.15, 0.2) is 40.6 Å². The number of thioether (sulfide) groups is 1. The van der Waals surface area contributed by atoms with Gasteiger partial charge in [-0.05, 0) is 44.9 Å². The van der Waals surface area contributed by atoms with Gasteiger partial charge < -0.3 is 5.32 Å². The lowest BCUT2D eigenvalue weighted by molar-refractivity contribution is -0.120. The maximum atomic E-state index is 12.3. The molecule has 0 aliphatic heterocycles. The van der Waals surface area contributed by atoms with E-state index in [2.05, 4.69) is 25.2 Å². The molecule has 3 N–H and O–H groups in total. The Morgan fingerprint density at radius 1 is 1.22 bits per heavy atom. The number of hydrogen-bond donors (Lipinski definition) is 3. The Balaban J connectivity index is 1.75. The number of amides is 1. The predicted octanol–water partition coefficient (Wildman–Crippen LogP) is 1.72. The zero-order chi connectivity index (χ0) is 19.9. The van der Waals surface area contributed by atoms with Crippen LogP contribution in [0, 0.1) is 0 Å². The minimum absolute atomic E-state index is 0.0423. The van der Waals surface area contributed by atoms with Crippen LogP contribution in [-0.4, -0.2) is 47.3 Å². The number of hydrogen-bond acceptors (Lipinski definition) is 6. The molecule has 8 nitrogen and oxygen atoms in total. The molecule has 0 spiro atoms. The lowest BCUT2D eigenvalue weighted by Gasteiger charge is -2.20. The summed E-state index contributed by atoms with van der Waals surface area (Å²) in [6.45, 7) is 5.92. The molecule has 0 fully saturated rings. The van der Waals surface area contributed by atoms with E-state index in [1.165, 1.54) is 18.1 Å². The number of carbonyl (C=O) groups excluding carboxylic acids is 1. The molecule has 0 aliphatic rings. The standard InChI is InChI=1S/C17H25N5O3S2/c1-17(2,3)22-27(24,25)14-7-4-13(5-8-14)6-9-15(23)18-10-11-26-16-19-12-20-21-16/h4-5,7-8,12,22H,6,9-11H2,1-3H3,(H,18,23)(H,19,20,21). The Bertz CT molecular complexity index is 828. The van der Waals surface area contributed by atoms with E-state index in [0.717, 1.165) is 10.7 Å². The first kappa shape index (κ1) is 21.4. The first-order valence-electron chi connectivity index (χ1n) is 8.53. The summed E-state index contributed by atoms with van der Waals surface area (Å²) < 4.78 is 27.2. The van der Waals surface area contributed by atoms with Gasteiger partial charge in [-0.2, -0.15) is 5.10 Å². The van der Waals surface area contributed by atoms with Crippen LogP contribution in [0.4, 0.5) is 0 Å². The Kier molecular flexibility index (Phi) is 7.40. The third kappa shape index (κ3) is 7.69. The van der Waals surface area contributed by atoms with E-state index >= 15 is 0 Å². The van der Waals surface area contributed by atoms with Crippen molar-refractivity contribution in [2.75, 3.05) is 12.3 Å². The Morgan fingerprint density at radius 3 is 2.52 bits per heavy atom. The van der Waals surface area contributed by atoms with E-state index in [4.69, 9.17) is 0 Å². The van der Waals surface area contributed by atoms with Gasteiger partial charge in [0, 0.05) is 24.3 Å². The number of sulfonamides is 1. The van der Waals surface area contributed by atoms with Gasteiger partial charge in [0.05, 0.1) is 4.90 Å². The van der Waals surface area contributed by atoms with E-state index in [1.807, 2.05) is 0 Å². The van der Waals surface area contributed by atoms with Crippen LogP contribution >= 0.6 is 11.8 Å². The molecular formula is C17H25N5O3S2. The van der Waals surface area contributed by atoms with Crippen molar-refractivity contribution in [2.45, 2.75) is 49.2 Å². The molecule has 148 valence electrons. The fraction of sp³-hybridized carbons (Fsp3) is 0.471. The highest BCUT2D eigenvalue weighted by Gasteiger charge is 2.21. The third-order valence-corrected chi connectivity index (χ3v) is 6.02. The molecule has 1 heterocycles. The van der Waals surface area contributed by atoms with Crippen LogP contribution in [0.3, 0.4) is 0 Å². The maximum absolute atomic E-state index is 12.3.